The standard InChI is InChI=1S/C15H16N4S2/c1-2-19(10-12-6-4-8-20-12)15-13(14(16)18-21-15)11-5-3-7-17-9-11/h3-9H,2,10H2,1H3,(H2,16,18). The molecule has 0 amide bonds. The highest BCUT2D eigenvalue weighted by molar-refractivity contribution is 7.11. The van der Waals surface area contributed by atoms with Gasteiger partial charge < -0.3 is 10.6 Å². The highest BCUT2D eigenvalue weighted by Gasteiger charge is 2.19. The minimum absolute atomic E-state index is 0.577. The summed E-state index contributed by atoms with van der Waals surface area (Å²) in [5.74, 6) is 0.577. The first-order valence-corrected chi connectivity index (χ1v) is 8.37. The van der Waals surface area contributed by atoms with Crippen LogP contribution in [0.15, 0.2) is 42.0 Å². The Labute approximate surface area is 132 Å². The van der Waals surface area contributed by atoms with E-state index in [1.165, 1.54) is 16.4 Å². The maximum Gasteiger partial charge on any atom is 0.147 e. The minimum atomic E-state index is 0.577. The first-order chi connectivity index (χ1) is 10.3. The van der Waals surface area contributed by atoms with E-state index in [0.717, 1.165) is 29.2 Å². The smallest absolute Gasteiger partial charge is 0.147 e. The van der Waals surface area contributed by atoms with Crippen molar-refractivity contribution in [1.29, 1.82) is 0 Å². The molecule has 0 bridgehead atoms. The van der Waals surface area contributed by atoms with Gasteiger partial charge in [0.15, 0.2) is 0 Å². The van der Waals surface area contributed by atoms with Crippen LogP contribution in [0.4, 0.5) is 10.8 Å². The lowest BCUT2D eigenvalue weighted by atomic mass is 10.1. The van der Waals surface area contributed by atoms with E-state index in [1.807, 2.05) is 18.3 Å². The molecule has 0 spiro atoms. The quantitative estimate of drug-likeness (QED) is 0.776. The molecule has 6 heteroatoms. The Morgan fingerprint density at radius 3 is 2.86 bits per heavy atom. The van der Waals surface area contributed by atoms with E-state index in [9.17, 15) is 0 Å². The van der Waals surface area contributed by atoms with Gasteiger partial charge >= 0.3 is 0 Å². The van der Waals surface area contributed by atoms with Crippen molar-refractivity contribution in [3.8, 4) is 11.1 Å². The van der Waals surface area contributed by atoms with Crippen molar-refractivity contribution in [3.05, 3.63) is 46.9 Å². The largest absolute Gasteiger partial charge is 0.382 e. The number of thiophene rings is 1. The van der Waals surface area contributed by atoms with Crippen LogP contribution in [0, 0.1) is 0 Å². The predicted octanol–water partition coefficient (Wildman–Crippen LogP) is 3.88. The van der Waals surface area contributed by atoms with Gasteiger partial charge in [-0.25, -0.2) is 0 Å². The van der Waals surface area contributed by atoms with E-state index in [4.69, 9.17) is 5.73 Å². The summed E-state index contributed by atoms with van der Waals surface area (Å²) in [6, 6.07) is 8.18. The fourth-order valence-electron chi connectivity index (χ4n) is 2.21. The monoisotopic (exact) mass is 316 g/mol. The maximum atomic E-state index is 6.09. The summed E-state index contributed by atoms with van der Waals surface area (Å²) in [5, 5.41) is 3.21. The molecule has 108 valence electrons. The van der Waals surface area contributed by atoms with Crippen LogP contribution >= 0.6 is 22.9 Å². The number of pyridine rings is 1. The zero-order chi connectivity index (χ0) is 14.7. The van der Waals surface area contributed by atoms with Crippen molar-refractivity contribution in [2.75, 3.05) is 17.2 Å². The van der Waals surface area contributed by atoms with Crippen molar-refractivity contribution in [3.63, 3.8) is 0 Å². The molecule has 21 heavy (non-hydrogen) atoms. The third kappa shape index (κ3) is 2.91. The van der Waals surface area contributed by atoms with Gasteiger partial charge in [-0.15, -0.1) is 11.3 Å². The number of nitrogens with zero attached hydrogens (tertiary/aromatic N) is 3. The van der Waals surface area contributed by atoms with Gasteiger partial charge in [0.05, 0.1) is 12.1 Å². The Balaban J connectivity index is 1.98. The molecule has 0 aliphatic heterocycles. The second-order valence-electron chi connectivity index (χ2n) is 4.58. The number of hydrogen-bond acceptors (Lipinski definition) is 6. The maximum absolute atomic E-state index is 6.09. The summed E-state index contributed by atoms with van der Waals surface area (Å²) in [7, 11) is 0. The molecule has 0 aliphatic carbocycles. The lowest BCUT2D eigenvalue weighted by molar-refractivity contribution is 0.853. The fourth-order valence-corrected chi connectivity index (χ4v) is 3.83. The van der Waals surface area contributed by atoms with Crippen LogP contribution in [0.3, 0.4) is 0 Å². The number of hydrogen-bond donors (Lipinski definition) is 1. The molecule has 2 N–H and O–H groups in total. The molecule has 0 atom stereocenters. The third-order valence-corrected chi connectivity index (χ3v) is 5.03. The Kier molecular flexibility index (Phi) is 4.17. The molecule has 0 saturated carbocycles. The molecule has 3 aromatic rings. The fraction of sp³-hybridized carbons (Fsp3) is 0.200. The topological polar surface area (TPSA) is 55.0 Å². The van der Waals surface area contributed by atoms with Crippen LogP contribution in [0.5, 0.6) is 0 Å². The molecule has 4 nitrogen and oxygen atoms in total. The number of aromatic nitrogens is 2. The van der Waals surface area contributed by atoms with E-state index in [-0.39, 0.29) is 0 Å². The second-order valence-corrected chi connectivity index (χ2v) is 6.37. The van der Waals surface area contributed by atoms with Crippen LogP contribution in [0.1, 0.15) is 11.8 Å². The Hall–Kier alpha value is -1.92. The van der Waals surface area contributed by atoms with Gasteiger partial charge in [-0.3, -0.25) is 4.98 Å². The Morgan fingerprint density at radius 1 is 1.29 bits per heavy atom. The molecular formula is C15H16N4S2. The third-order valence-electron chi connectivity index (χ3n) is 3.25. The number of nitrogen functional groups attached to an aromatic ring is 1. The summed E-state index contributed by atoms with van der Waals surface area (Å²) in [6.07, 6.45) is 3.60. The first kappa shape index (κ1) is 14.0. The molecule has 0 saturated heterocycles. The van der Waals surface area contributed by atoms with E-state index in [0.29, 0.717) is 5.82 Å². The van der Waals surface area contributed by atoms with Gasteiger partial charge in [0.1, 0.15) is 10.8 Å². The molecule has 3 aromatic heterocycles. The summed E-state index contributed by atoms with van der Waals surface area (Å²) in [6.45, 7) is 3.94. The number of nitrogens with two attached hydrogens (primary N) is 1. The van der Waals surface area contributed by atoms with Crippen LogP contribution < -0.4 is 10.6 Å². The van der Waals surface area contributed by atoms with Gasteiger partial charge in [0.25, 0.3) is 0 Å². The minimum Gasteiger partial charge on any atom is -0.382 e. The average Bonchev–Trinajstić information content (AvgIpc) is 3.15. The van der Waals surface area contributed by atoms with Crippen molar-refractivity contribution >= 4 is 33.7 Å². The molecule has 3 rings (SSSR count). The van der Waals surface area contributed by atoms with Gasteiger partial charge in [0.2, 0.25) is 0 Å². The molecular weight excluding hydrogens is 300 g/mol. The Bertz CT molecular complexity index is 692. The summed E-state index contributed by atoms with van der Waals surface area (Å²) >= 11 is 3.22. The zero-order valence-electron chi connectivity index (χ0n) is 11.7. The van der Waals surface area contributed by atoms with Crippen LogP contribution in [0.25, 0.3) is 11.1 Å². The van der Waals surface area contributed by atoms with E-state index >= 15 is 0 Å². The van der Waals surface area contributed by atoms with E-state index in [1.54, 1.807) is 17.5 Å². The molecule has 0 aromatic carbocycles. The normalized spacial score (nSPS) is 10.7. The average molecular weight is 316 g/mol. The van der Waals surface area contributed by atoms with Crippen LogP contribution in [0.2, 0.25) is 0 Å². The molecule has 0 aliphatic rings. The SMILES string of the molecule is CCN(Cc1cccs1)c1snc(N)c1-c1cccnc1. The van der Waals surface area contributed by atoms with Gasteiger partial charge in [-0.05, 0) is 36.0 Å². The second kappa shape index (κ2) is 6.24. The van der Waals surface area contributed by atoms with E-state index in [2.05, 4.69) is 38.7 Å². The lowest BCUT2D eigenvalue weighted by Gasteiger charge is -2.21. The number of anilines is 2. The first-order valence-electron chi connectivity index (χ1n) is 6.72. The van der Waals surface area contributed by atoms with Gasteiger partial charge in [-0.2, -0.15) is 4.37 Å². The van der Waals surface area contributed by atoms with Crippen molar-refractivity contribution in [2.45, 2.75) is 13.5 Å². The van der Waals surface area contributed by atoms with Crippen molar-refractivity contribution in [2.24, 2.45) is 0 Å². The molecule has 0 unspecified atom stereocenters. The van der Waals surface area contributed by atoms with Crippen molar-refractivity contribution < 1.29 is 0 Å². The lowest BCUT2D eigenvalue weighted by Crippen LogP contribution is -2.21. The van der Waals surface area contributed by atoms with E-state index < -0.39 is 0 Å². The zero-order valence-corrected chi connectivity index (χ0v) is 13.3. The highest BCUT2D eigenvalue weighted by Crippen LogP contribution is 2.39. The Morgan fingerprint density at radius 2 is 2.19 bits per heavy atom. The van der Waals surface area contributed by atoms with Gasteiger partial charge in [-0.1, -0.05) is 12.1 Å². The number of rotatable bonds is 5. The van der Waals surface area contributed by atoms with Crippen LogP contribution in [-0.2, 0) is 6.54 Å². The summed E-state index contributed by atoms with van der Waals surface area (Å²) in [5.41, 5.74) is 8.10. The molecule has 0 radical (unpaired) electrons. The molecule has 3 heterocycles. The molecule has 0 fully saturated rings. The van der Waals surface area contributed by atoms with Crippen LogP contribution in [-0.4, -0.2) is 15.9 Å². The predicted molar refractivity (Wildman–Crippen MR) is 90.8 cm³/mol. The highest BCUT2D eigenvalue weighted by atomic mass is 32.1. The summed E-state index contributed by atoms with van der Waals surface area (Å²) in [4.78, 5) is 7.83. The van der Waals surface area contributed by atoms with Gasteiger partial charge in [0, 0.05) is 29.4 Å². The van der Waals surface area contributed by atoms with Crippen molar-refractivity contribution in [1.82, 2.24) is 9.36 Å². The summed E-state index contributed by atoms with van der Waals surface area (Å²) < 4.78 is 4.34.